The molecule has 1 heterocycles. The van der Waals surface area contributed by atoms with Crippen molar-refractivity contribution in [1.29, 1.82) is 0 Å². The lowest BCUT2D eigenvalue weighted by atomic mass is 10.1. The molecule has 0 spiro atoms. The van der Waals surface area contributed by atoms with E-state index in [0.29, 0.717) is 18.0 Å². The number of rotatable bonds is 5. The van der Waals surface area contributed by atoms with Gasteiger partial charge >= 0.3 is 5.69 Å². The van der Waals surface area contributed by atoms with Crippen molar-refractivity contribution in [3.63, 3.8) is 0 Å². The minimum Gasteiger partial charge on any atom is -0.353 e. The van der Waals surface area contributed by atoms with E-state index in [0.717, 1.165) is 11.0 Å². The molecule has 0 aliphatic rings. The normalized spacial score (nSPS) is 11.2. The van der Waals surface area contributed by atoms with Gasteiger partial charge in [0.1, 0.15) is 0 Å². The first kappa shape index (κ1) is 15.9. The molecule has 6 nitrogen and oxygen atoms in total. The summed E-state index contributed by atoms with van der Waals surface area (Å²) in [4.78, 5) is 34.9. The summed E-state index contributed by atoms with van der Waals surface area (Å²) in [5, 5.41) is 2.74. The average Bonchev–Trinajstić information content (AvgIpc) is 2.38. The molecule has 1 rings (SSSR count). The highest BCUT2D eigenvalue weighted by atomic mass is 16.2. The summed E-state index contributed by atoms with van der Waals surface area (Å²) in [7, 11) is 2.96. The van der Waals surface area contributed by atoms with Crippen LogP contribution in [0.4, 0.5) is 0 Å². The van der Waals surface area contributed by atoms with Crippen LogP contribution in [0.15, 0.2) is 21.9 Å². The van der Waals surface area contributed by atoms with Crippen LogP contribution >= 0.6 is 0 Å². The Bertz CT molecular complexity index is 624. The van der Waals surface area contributed by atoms with Crippen LogP contribution < -0.4 is 16.6 Å². The number of aryl methyl sites for hydroxylation is 1. The second kappa shape index (κ2) is 6.88. The van der Waals surface area contributed by atoms with Crippen LogP contribution in [0.25, 0.3) is 6.08 Å². The van der Waals surface area contributed by atoms with E-state index in [-0.39, 0.29) is 5.91 Å². The molecule has 0 saturated carbocycles. The number of nitrogens with zero attached hydrogens (tertiary/aromatic N) is 2. The fourth-order valence-electron chi connectivity index (χ4n) is 1.66. The van der Waals surface area contributed by atoms with Crippen LogP contribution in [0.1, 0.15) is 25.8 Å². The van der Waals surface area contributed by atoms with Gasteiger partial charge in [0.2, 0.25) is 5.91 Å². The van der Waals surface area contributed by atoms with Crippen molar-refractivity contribution >= 4 is 12.0 Å². The third kappa shape index (κ3) is 4.22. The Morgan fingerprint density at radius 1 is 1.35 bits per heavy atom. The quantitative estimate of drug-likeness (QED) is 0.786. The lowest BCUT2D eigenvalue weighted by molar-refractivity contribution is -0.116. The summed E-state index contributed by atoms with van der Waals surface area (Å²) < 4.78 is 2.31. The zero-order valence-corrected chi connectivity index (χ0v) is 12.3. The largest absolute Gasteiger partial charge is 0.353 e. The maximum atomic E-state index is 11.8. The van der Waals surface area contributed by atoms with Crippen molar-refractivity contribution in [3.8, 4) is 0 Å². The number of aromatic nitrogens is 2. The second-order valence-electron chi connectivity index (χ2n) is 5.15. The summed E-state index contributed by atoms with van der Waals surface area (Å²) in [5.74, 6) is 0.275. The highest BCUT2D eigenvalue weighted by molar-refractivity contribution is 5.91. The first-order valence-corrected chi connectivity index (χ1v) is 6.55. The van der Waals surface area contributed by atoms with E-state index in [1.165, 1.54) is 30.0 Å². The Morgan fingerprint density at radius 3 is 2.60 bits per heavy atom. The van der Waals surface area contributed by atoms with E-state index in [9.17, 15) is 14.4 Å². The molecule has 20 heavy (non-hydrogen) atoms. The van der Waals surface area contributed by atoms with E-state index in [2.05, 4.69) is 19.2 Å². The minimum absolute atomic E-state index is 0.249. The van der Waals surface area contributed by atoms with E-state index < -0.39 is 11.2 Å². The summed E-state index contributed by atoms with van der Waals surface area (Å²) >= 11 is 0. The molecule has 0 fully saturated rings. The lowest BCUT2D eigenvalue weighted by Crippen LogP contribution is -2.37. The fourth-order valence-corrected chi connectivity index (χ4v) is 1.66. The van der Waals surface area contributed by atoms with Gasteiger partial charge in [0.15, 0.2) is 0 Å². The Kier molecular flexibility index (Phi) is 5.49. The molecule has 1 aromatic heterocycles. The predicted molar refractivity (Wildman–Crippen MR) is 78.4 cm³/mol. The van der Waals surface area contributed by atoms with Gasteiger partial charge in [0.05, 0.1) is 5.56 Å². The number of carbonyl (C=O) groups excluding carboxylic acids is 1. The molecule has 0 aliphatic carbocycles. The van der Waals surface area contributed by atoms with Crippen LogP contribution in [0.5, 0.6) is 0 Å². The summed E-state index contributed by atoms with van der Waals surface area (Å²) in [6.45, 7) is 4.76. The molecular weight excluding hydrogens is 258 g/mol. The Labute approximate surface area is 117 Å². The molecule has 1 aromatic rings. The Morgan fingerprint density at radius 2 is 2.00 bits per heavy atom. The molecule has 0 saturated heterocycles. The number of hydrogen-bond acceptors (Lipinski definition) is 3. The number of nitrogens with one attached hydrogen (secondary N) is 1. The molecule has 0 aromatic carbocycles. The van der Waals surface area contributed by atoms with E-state index >= 15 is 0 Å². The predicted octanol–water partition coefficient (Wildman–Crippen LogP) is 0.260. The highest BCUT2D eigenvalue weighted by Gasteiger charge is 2.04. The third-order valence-electron chi connectivity index (χ3n) is 2.91. The van der Waals surface area contributed by atoms with Gasteiger partial charge in [-0.15, -0.1) is 0 Å². The van der Waals surface area contributed by atoms with Gasteiger partial charge in [-0.05, 0) is 18.4 Å². The Hall–Kier alpha value is -2.11. The van der Waals surface area contributed by atoms with Crippen LogP contribution in [0.2, 0.25) is 0 Å². The number of hydrogen-bond donors (Lipinski definition) is 1. The number of carbonyl (C=O) groups is 1. The van der Waals surface area contributed by atoms with Crippen molar-refractivity contribution in [1.82, 2.24) is 14.5 Å². The van der Waals surface area contributed by atoms with Crippen molar-refractivity contribution < 1.29 is 4.79 Å². The fraction of sp³-hybridized carbons (Fsp3) is 0.500. The van der Waals surface area contributed by atoms with Crippen molar-refractivity contribution in [2.24, 2.45) is 20.0 Å². The molecule has 0 atom stereocenters. The summed E-state index contributed by atoms with van der Waals surface area (Å²) in [6, 6.07) is 0. The van der Waals surface area contributed by atoms with Crippen molar-refractivity contribution in [3.05, 3.63) is 38.7 Å². The third-order valence-corrected chi connectivity index (χ3v) is 2.91. The molecule has 1 N–H and O–H groups in total. The monoisotopic (exact) mass is 279 g/mol. The van der Waals surface area contributed by atoms with E-state index in [1.807, 2.05) is 0 Å². The first-order valence-electron chi connectivity index (χ1n) is 6.55. The molecule has 110 valence electrons. The van der Waals surface area contributed by atoms with Crippen LogP contribution in [0, 0.1) is 5.92 Å². The SMILES string of the molecule is CC(C)CCNC(=O)C=Cc1cn(C)c(=O)n(C)c1=O. The summed E-state index contributed by atoms with van der Waals surface area (Å²) in [6.07, 6.45) is 5.05. The smallest absolute Gasteiger partial charge is 0.330 e. The van der Waals surface area contributed by atoms with Gasteiger partial charge in [-0.1, -0.05) is 13.8 Å². The highest BCUT2D eigenvalue weighted by Crippen LogP contribution is 1.96. The molecule has 0 radical (unpaired) electrons. The average molecular weight is 279 g/mol. The topological polar surface area (TPSA) is 73.1 Å². The summed E-state index contributed by atoms with van der Waals surface area (Å²) in [5.41, 5.74) is -0.513. The van der Waals surface area contributed by atoms with Gasteiger partial charge in [-0.3, -0.25) is 14.2 Å². The molecular formula is C14H21N3O3. The van der Waals surface area contributed by atoms with E-state index in [1.54, 1.807) is 7.05 Å². The molecule has 1 amide bonds. The molecule has 0 bridgehead atoms. The maximum absolute atomic E-state index is 11.8. The second-order valence-corrected chi connectivity index (χ2v) is 5.15. The van der Waals surface area contributed by atoms with Crippen molar-refractivity contribution in [2.75, 3.05) is 6.54 Å². The van der Waals surface area contributed by atoms with Gasteiger partial charge in [0.25, 0.3) is 5.56 Å². The zero-order valence-electron chi connectivity index (χ0n) is 12.3. The minimum atomic E-state index is -0.417. The molecule has 0 unspecified atom stereocenters. The van der Waals surface area contributed by atoms with Gasteiger partial charge in [0, 0.05) is 32.9 Å². The maximum Gasteiger partial charge on any atom is 0.330 e. The van der Waals surface area contributed by atoms with Gasteiger partial charge < -0.3 is 9.88 Å². The molecule has 0 aliphatic heterocycles. The van der Waals surface area contributed by atoms with Crippen molar-refractivity contribution in [2.45, 2.75) is 20.3 Å². The standard InChI is InChI=1S/C14H21N3O3/c1-10(2)7-8-15-12(18)6-5-11-9-16(3)14(20)17(4)13(11)19/h5-6,9-10H,7-8H2,1-4H3,(H,15,18). The Balaban J connectivity index is 2.79. The zero-order chi connectivity index (χ0) is 15.3. The van der Waals surface area contributed by atoms with Gasteiger partial charge in [-0.25, -0.2) is 4.79 Å². The lowest BCUT2D eigenvalue weighted by Gasteiger charge is -2.05. The first-order chi connectivity index (χ1) is 9.32. The van der Waals surface area contributed by atoms with Crippen LogP contribution in [-0.4, -0.2) is 21.6 Å². The van der Waals surface area contributed by atoms with E-state index in [4.69, 9.17) is 0 Å². The van der Waals surface area contributed by atoms with Crippen LogP contribution in [-0.2, 0) is 18.9 Å². The van der Waals surface area contributed by atoms with Gasteiger partial charge in [-0.2, -0.15) is 0 Å². The molecule has 6 heteroatoms. The number of amides is 1. The van der Waals surface area contributed by atoms with Crippen LogP contribution in [0.3, 0.4) is 0 Å².